The minimum absolute atomic E-state index is 0.0395. The summed E-state index contributed by atoms with van der Waals surface area (Å²) in [5, 5.41) is 13.0. The quantitative estimate of drug-likeness (QED) is 0.851. The van der Waals surface area contributed by atoms with E-state index in [0.29, 0.717) is 10.6 Å². The first-order valence-corrected chi connectivity index (χ1v) is 6.27. The number of aliphatic hydroxyl groups is 1. The van der Waals surface area contributed by atoms with Crippen LogP contribution in [0.5, 0.6) is 0 Å². The van der Waals surface area contributed by atoms with E-state index in [-0.39, 0.29) is 12.1 Å². The van der Waals surface area contributed by atoms with Crippen molar-refractivity contribution in [2.75, 3.05) is 6.54 Å². The Labute approximate surface area is 120 Å². The lowest BCUT2D eigenvalue weighted by molar-refractivity contribution is 0.0916. The fraction of sp³-hybridized carbons (Fsp3) is 0.143. The maximum absolute atomic E-state index is 12.6. The van der Waals surface area contributed by atoms with Crippen molar-refractivity contribution in [3.8, 4) is 0 Å². The van der Waals surface area contributed by atoms with Gasteiger partial charge >= 0.3 is 0 Å². The Bertz CT molecular complexity index is 587. The van der Waals surface area contributed by atoms with Crippen molar-refractivity contribution in [3.63, 3.8) is 0 Å². The number of aliphatic hydroxyl groups excluding tert-OH is 1. The summed E-state index contributed by atoms with van der Waals surface area (Å²) in [6.45, 7) is 0.0395. The molecule has 104 valence electrons. The Kier molecular flexibility index (Phi) is 4.65. The number of nitrogens with one attached hydrogen (secondary N) is 1. The summed E-state index contributed by atoms with van der Waals surface area (Å²) in [6, 6.07) is 9.10. The molecule has 1 aromatic carbocycles. The molecule has 2 aromatic rings. The molecule has 2 rings (SSSR count). The van der Waals surface area contributed by atoms with Crippen LogP contribution >= 0.6 is 11.6 Å². The van der Waals surface area contributed by atoms with E-state index in [2.05, 4.69) is 10.3 Å². The number of hydrogen-bond acceptors (Lipinski definition) is 3. The van der Waals surface area contributed by atoms with Crippen LogP contribution < -0.4 is 5.32 Å². The zero-order valence-electron chi connectivity index (χ0n) is 10.4. The third-order valence-corrected chi connectivity index (χ3v) is 2.95. The van der Waals surface area contributed by atoms with Gasteiger partial charge in [0.05, 0.1) is 11.7 Å². The normalized spacial score (nSPS) is 11.9. The van der Waals surface area contributed by atoms with E-state index in [1.807, 2.05) is 0 Å². The Morgan fingerprint density at radius 1 is 1.30 bits per heavy atom. The monoisotopic (exact) mass is 294 g/mol. The van der Waals surface area contributed by atoms with Gasteiger partial charge in [-0.2, -0.15) is 4.39 Å². The number of rotatable bonds is 4. The van der Waals surface area contributed by atoms with Crippen molar-refractivity contribution < 1.29 is 14.3 Å². The van der Waals surface area contributed by atoms with Crippen molar-refractivity contribution in [3.05, 3.63) is 64.7 Å². The van der Waals surface area contributed by atoms with E-state index < -0.39 is 18.0 Å². The highest BCUT2D eigenvalue weighted by atomic mass is 35.5. The lowest BCUT2D eigenvalue weighted by atomic mass is 10.1. The van der Waals surface area contributed by atoms with Gasteiger partial charge < -0.3 is 10.4 Å². The van der Waals surface area contributed by atoms with Crippen LogP contribution in [0, 0.1) is 5.95 Å². The number of amides is 1. The number of pyridine rings is 1. The molecule has 2 N–H and O–H groups in total. The van der Waals surface area contributed by atoms with Crippen molar-refractivity contribution in [1.29, 1.82) is 0 Å². The Balaban J connectivity index is 1.92. The second-order valence-electron chi connectivity index (χ2n) is 4.15. The maximum atomic E-state index is 12.6. The molecule has 1 heterocycles. The third kappa shape index (κ3) is 3.76. The van der Waals surface area contributed by atoms with Crippen LogP contribution in [0.2, 0.25) is 5.02 Å². The van der Waals surface area contributed by atoms with E-state index in [1.165, 1.54) is 6.07 Å². The van der Waals surface area contributed by atoms with Gasteiger partial charge in [-0.05, 0) is 29.8 Å². The number of aromatic nitrogens is 1. The van der Waals surface area contributed by atoms with Gasteiger partial charge in [-0.15, -0.1) is 0 Å². The number of carbonyl (C=O) groups is 1. The summed E-state index contributed by atoms with van der Waals surface area (Å²) in [6.07, 6.45) is 0.295. The molecule has 1 amide bonds. The average molecular weight is 295 g/mol. The summed E-state index contributed by atoms with van der Waals surface area (Å²) >= 11 is 5.75. The van der Waals surface area contributed by atoms with Crippen LogP contribution in [0.4, 0.5) is 4.39 Å². The molecule has 0 aliphatic carbocycles. The molecule has 0 aliphatic rings. The zero-order valence-corrected chi connectivity index (χ0v) is 11.1. The molecule has 0 spiro atoms. The van der Waals surface area contributed by atoms with Crippen molar-refractivity contribution in [2.45, 2.75) is 6.10 Å². The molecule has 1 atom stereocenters. The molecule has 1 aromatic heterocycles. The lowest BCUT2D eigenvalue weighted by Crippen LogP contribution is -2.28. The highest BCUT2D eigenvalue weighted by Gasteiger charge is 2.11. The molecule has 6 heteroatoms. The molecule has 0 saturated carbocycles. The van der Waals surface area contributed by atoms with Crippen LogP contribution in [0.15, 0.2) is 42.6 Å². The molecule has 20 heavy (non-hydrogen) atoms. The first-order valence-electron chi connectivity index (χ1n) is 5.89. The summed E-state index contributed by atoms with van der Waals surface area (Å²) in [5.74, 6) is -1.08. The van der Waals surface area contributed by atoms with Crippen molar-refractivity contribution in [1.82, 2.24) is 10.3 Å². The maximum Gasteiger partial charge on any atom is 0.252 e. The first kappa shape index (κ1) is 14.4. The predicted octanol–water partition coefficient (Wildman–Crippen LogP) is 2.34. The standard InChI is InChI=1S/C14H12ClFN2O2/c15-11-4-1-9(2-5-11)12(19)8-18-14(20)10-3-6-13(16)17-7-10/h1-7,12,19H,8H2,(H,18,20). The number of carbonyl (C=O) groups excluding carboxylic acids is 1. The lowest BCUT2D eigenvalue weighted by Gasteiger charge is -2.12. The van der Waals surface area contributed by atoms with Gasteiger partial charge in [-0.3, -0.25) is 4.79 Å². The van der Waals surface area contributed by atoms with E-state index in [4.69, 9.17) is 11.6 Å². The predicted molar refractivity (Wildman–Crippen MR) is 72.9 cm³/mol. The van der Waals surface area contributed by atoms with Gasteiger partial charge in [0.2, 0.25) is 5.95 Å². The van der Waals surface area contributed by atoms with Crippen LogP contribution in [0.3, 0.4) is 0 Å². The van der Waals surface area contributed by atoms with Gasteiger partial charge in [-0.1, -0.05) is 23.7 Å². The highest BCUT2D eigenvalue weighted by molar-refractivity contribution is 6.30. The van der Waals surface area contributed by atoms with Gasteiger partial charge in [0, 0.05) is 17.8 Å². The van der Waals surface area contributed by atoms with Gasteiger partial charge in [0.15, 0.2) is 0 Å². The molecule has 0 saturated heterocycles. The molecule has 0 bridgehead atoms. The molecule has 1 unspecified atom stereocenters. The molecular weight excluding hydrogens is 283 g/mol. The minimum atomic E-state index is -0.843. The number of halogens is 2. The highest BCUT2D eigenvalue weighted by Crippen LogP contribution is 2.15. The topological polar surface area (TPSA) is 62.2 Å². The largest absolute Gasteiger partial charge is 0.387 e. The van der Waals surface area contributed by atoms with Crippen molar-refractivity contribution >= 4 is 17.5 Å². The third-order valence-electron chi connectivity index (χ3n) is 2.70. The van der Waals surface area contributed by atoms with Crippen LogP contribution in [0.1, 0.15) is 22.0 Å². The number of hydrogen-bond donors (Lipinski definition) is 2. The van der Waals surface area contributed by atoms with E-state index in [1.54, 1.807) is 24.3 Å². The van der Waals surface area contributed by atoms with Gasteiger partial charge in [0.1, 0.15) is 0 Å². The van der Waals surface area contributed by atoms with Gasteiger partial charge in [-0.25, -0.2) is 4.98 Å². The van der Waals surface area contributed by atoms with E-state index in [9.17, 15) is 14.3 Å². The van der Waals surface area contributed by atoms with Crippen LogP contribution in [-0.2, 0) is 0 Å². The SMILES string of the molecule is O=C(NCC(O)c1ccc(Cl)cc1)c1ccc(F)nc1. The number of benzene rings is 1. The Hall–Kier alpha value is -1.98. The first-order chi connectivity index (χ1) is 9.56. The average Bonchev–Trinajstić information content (AvgIpc) is 2.46. The fourth-order valence-corrected chi connectivity index (χ4v) is 1.73. The summed E-state index contributed by atoms with van der Waals surface area (Å²) in [7, 11) is 0. The summed E-state index contributed by atoms with van der Waals surface area (Å²) in [4.78, 5) is 15.1. The van der Waals surface area contributed by atoms with Crippen LogP contribution in [-0.4, -0.2) is 22.5 Å². The smallest absolute Gasteiger partial charge is 0.252 e. The molecule has 0 radical (unpaired) electrons. The second kappa shape index (κ2) is 6.45. The summed E-state index contributed by atoms with van der Waals surface area (Å²) in [5.41, 5.74) is 0.877. The van der Waals surface area contributed by atoms with Crippen LogP contribution in [0.25, 0.3) is 0 Å². The fourth-order valence-electron chi connectivity index (χ4n) is 1.60. The second-order valence-corrected chi connectivity index (χ2v) is 4.58. The minimum Gasteiger partial charge on any atom is -0.387 e. The zero-order chi connectivity index (χ0) is 14.5. The Morgan fingerprint density at radius 2 is 2.00 bits per heavy atom. The van der Waals surface area contributed by atoms with E-state index in [0.717, 1.165) is 12.3 Å². The molecular formula is C14H12ClFN2O2. The molecule has 0 aliphatic heterocycles. The van der Waals surface area contributed by atoms with Crippen molar-refractivity contribution in [2.24, 2.45) is 0 Å². The summed E-state index contributed by atoms with van der Waals surface area (Å²) < 4.78 is 12.6. The van der Waals surface area contributed by atoms with E-state index >= 15 is 0 Å². The van der Waals surface area contributed by atoms with Gasteiger partial charge in [0.25, 0.3) is 5.91 Å². The molecule has 0 fully saturated rings. The number of nitrogens with zero attached hydrogens (tertiary/aromatic N) is 1. The Morgan fingerprint density at radius 3 is 2.60 bits per heavy atom. The molecule has 4 nitrogen and oxygen atoms in total.